The van der Waals surface area contributed by atoms with E-state index in [9.17, 15) is 9.18 Å². The minimum atomic E-state index is -0.195. The molecule has 4 heteroatoms. The molecule has 0 saturated heterocycles. The van der Waals surface area contributed by atoms with Crippen molar-refractivity contribution < 1.29 is 9.18 Å². The lowest BCUT2D eigenvalue weighted by Gasteiger charge is -2.11. The fourth-order valence-electron chi connectivity index (χ4n) is 1.75. The number of nitrogens with two attached hydrogens (primary N) is 1. The van der Waals surface area contributed by atoms with Crippen LogP contribution in [0.25, 0.3) is 0 Å². The molecule has 0 spiro atoms. The fraction of sp³-hybridized carbons (Fsp3) is 0.500. The van der Waals surface area contributed by atoms with Crippen LogP contribution < -0.4 is 11.1 Å². The highest BCUT2D eigenvalue weighted by Crippen LogP contribution is 2.09. The van der Waals surface area contributed by atoms with E-state index in [0.29, 0.717) is 31.5 Å². The second-order valence-electron chi connectivity index (χ2n) is 4.60. The lowest BCUT2D eigenvalue weighted by molar-refractivity contribution is -0.124. The lowest BCUT2D eigenvalue weighted by atomic mass is 10.1. The average Bonchev–Trinajstić information content (AvgIpc) is 2.34. The van der Waals surface area contributed by atoms with Crippen molar-refractivity contribution >= 4 is 5.91 Å². The van der Waals surface area contributed by atoms with Crippen LogP contribution >= 0.6 is 0 Å². The Labute approximate surface area is 108 Å². The number of rotatable bonds is 6. The van der Waals surface area contributed by atoms with Crippen molar-refractivity contribution in [3.05, 3.63) is 35.1 Å². The minimum absolute atomic E-state index is 0.0271. The Hall–Kier alpha value is -1.42. The number of aryl methyl sites for hydroxylation is 1. The Balaban J connectivity index is 2.37. The zero-order valence-corrected chi connectivity index (χ0v) is 11.0. The predicted molar refractivity (Wildman–Crippen MR) is 70.7 cm³/mol. The number of benzene rings is 1. The van der Waals surface area contributed by atoms with E-state index in [0.717, 1.165) is 5.56 Å². The van der Waals surface area contributed by atoms with Crippen LogP contribution in [0.4, 0.5) is 4.39 Å². The normalized spacial score (nSPS) is 12.2. The van der Waals surface area contributed by atoms with Gasteiger partial charge in [0.15, 0.2) is 0 Å². The summed E-state index contributed by atoms with van der Waals surface area (Å²) >= 11 is 0. The summed E-state index contributed by atoms with van der Waals surface area (Å²) in [5.41, 5.74) is 7.07. The van der Waals surface area contributed by atoms with Gasteiger partial charge in [0.05, 0.1) is 0 Å². The monoisotopic (exact) mass is 252 g/mol. The molecular weight excluding hydrogens is 231 g/mol. The standard InChI is InChI=1S/C14H21FN2O/c1-10(5-7-16)14(18)17-8-6-12-3-4-13(15)11(2)9-12/h3-4,9-10H,5-8,16H2,1-2H3,(H,17,18). The summed E-state index contributed by atoms with van der Waals surface area (Å²) in [5, 5.41) is 2.86. The maximum atomic E-state index is 13.1. The van der Waals surface area contributed by atoms with Crippen LogP contribution in [0.5, 0.6) is 0 Å². The summed E-state index contributed by atoms with van der Waals surface area (Å²) in [7, 11) is 0. The Kier molecular flexibility index (Phi) is 5.78. The molecule has 18 heavy (non-hydrogen) atoms. The maximum absolute atomic E-state index is 13.1. The zero-order valence-electron chi connectivity index (χ0n) is 11.0. The highest BCUT2D eigenvalue weighted by atomic mass is 19.1. The summed E-state index contributed by atoms with van der Waals surface area (Å²) < 4.78 is 13.1. The van der Waals surface area contributed by atoms with Crippen molar-refractivity contribution in [3.8, 4) is 0 Å². The third kappa shape index (κ3) is 4.45. The Morgan fingerprint density at radius 1 is 1.50 bits per heavy atom. The number of nitrogens with one attached hydrogen (secondary N) is 1. The van der Waals surface area contributed by atoms with E-state index in [2.05, 4.69) is 5.32 Å². The molecule has 1 amide bonds. The first kappa shape index (κ1) is 14.6. The van der Waals surface area contributed by atoms with Gasteiger partial charge in [-0.25, -0.2) is 4.39 Å². The van der Waals surface area contributed by atoms with E-state index >= 15 is 0 Å². The molecule has 3 nitrogen and oxygen atoms in total. The van der Waals surface area contributed by atoms with Crippen LogP contribution in [-0.4, -0.2) is 19.0 Å². The van der Waals surface area contributed by atoms with E-state index in [1.807, 2.05) is 13.0 Å². The topological polar surface area (TPSA) is 55.1 Å². The van der Waals surface area contributed by atoms with Gasteiger partial charge in [-0.2, -0.15) is 0 Å². The molecule has 0 heterocycles. The quantitative estimate of drug-likeness (QED) is 0.811. The average molecular weight is 252 g/mol. The maximum Gasteiger partial charge on any atom is 0.222 e. The van der Waals surface area contributed by atoms with E-state index < -0.39 is 0 Å². The van der Waals surface area contributed by atoms with Gasteiger partial charge in [-0.05, 0) is 43.5 Å². The number of amides is 1. The van der Waals surface area contributed by atoms with Gasteiger partial charge in [0, 0.05) is 12.5 Å². The van der Waals surface area contributed by atoms with Gasteiger partial charge < -0.3 is 11.1 Å². The first-order chi connectivity index (χ1) is 8.54. The highest BCUT2D eigenvalue weighted by molar-refractivity contribution is 5.78. The Morgan fingerprint density at radius 3 is 2.83 bits per heavy atom. The number of hydrogen-bond acceptors (Lipinski definition) is 2. The van der Waals surface area contributed by atoms with Crippen molar-refractivity contribution in [2.45, 2.75) is 26.7 Å². The van der Waals surface area contributed by atoms with Crippen LogP contribution in [0, 0.1) is 18.7 Å². The highest BCUT2D eigenvalue weighted by Gasteiger charge is 2.10. The van der Waals surface area contributed by atoms with Crippen LogP contribution in [0.3, 0.4) is 0 Å². The van der Waals surface area contributed by atoms with E-state index in [1.165, 1.54) is 6.07 Å². The molecule has 1 aromatic carbocycles. The third-order valence-corrected chi connectivity index (χ3v) is 2.98. The van der Waals surface area contributed by atoms with Gasteiger partial charge in [0.1, 0.15) is 5.82 Å². The fourth-order valence-corrected chi connectivity index (χ4v) is 1.75. The van der Waals surface area contributed by atoms with Crippen LogP contribution in [0.15, 0.2) is 18.2 Å². The number of carbonyl (C=O) groups is 1. The second kappa shape index (κ2) is 7.11. The van der Waals surface area contributed by atoms with Gasteiger partial charge in [-0.3, -0.25) is 4.79 Å². The molecular formula is C14H21FN2O. The van der Waals surface area contributed by atoms with E-state index in [1.54, 1.807) is 13.0 Å². The summed E-state index contributed by atoms with van der Waals surface area (Å²) in [6, 6.07) is 5.02. The summed E-state index contributed by atoms with van der Waals surface area (Å²) in [6.07, 6.45) is 1.41. The van der Waals surface area contributed by atoms with Crippen molar-refractivity contribution in [1.82, 2.24) is 5.32 Å². The molecule has 0 radical (unpaired) electrons. The van der Waals surface area contributed by atoms with Crippen molar-refractivity contribution in [2.75, 3.05) is 13.1 Å². The molecule has 0 aromatic heterocycles. The molecule has 0 saturated carbocycles. The van der Waals surface area contributed by atoms with E-state index in [-0.39, 0.29) is 17.6 Å². The molecule has 0 aliphatic heterocycles. The Morgan fingerprint density at radius 2 is 2.22 bits per heavy atom. The smallest absolute Gasteiger partial charge is 0.222 e. The van der Waals surface area contributed by atoms with Gasteiger partial charge in [-0.1, -0.05) is 19.1 Å². The largest absolute Gasteiger partial charge is 0.356 e. The van der Waals surface area contributed by atoms with Crippen molar-refractivity contribution in [2.24, 2.45) is 11.7 Å². The first-order valence-corrected chi connectivity index (χ1v) is 6.27. The van der Waals surface area contributed by atoms with Crippen LogP contribution in [0.2, 0.25) is 0 Å². The summed E-state index contributed by atoms with van der Waals surface area (Å²) in [4.78, 5) is 11.6. The summed E-state index contributed by atoms with van der Waals surface area (Å²) in [6.45, 7) is 4.69. The number of hydrogen-bond donors (Lipinski definition) is 2. The van der Waals surface area contributed by atoms with Crippen molar-refractivity contribution in [3.63, 3.8) is 0 Å². The molecule has 1 rings (SSSR count). The van der Waals surface area contributed by atoms with Gasteiger partial charge in [-0.15, -0.1) is 0 Å². The molecule has 0 fully saturated rings. The Bertz CT molecular complexity index is 407. The molecule has 1 atom stereocenters. The van der Waals surface area contributed by atoms with E-state index in [4.69, 9.17) is 5.73 Å². The number of halogens is 1. The molecule has 1 unspecified atom stereocenters. The first-order valence-electron chi connectivity index (χ1n) is 6.27. The molecule has 100 valence electrons. The molecule has 1 aromatic rings. The number of carbonyl (C=O) groups excluding carboxylic acids is 1. The van der Waals surface area contributed by atoms with Gasteiger partial charge in [0.25, 0.3) is 0 Å². The molecule has 3 N–H and O–H groups in total. The lowest BCUT2D eigenvalue weighted by Crippen LogP contribution is -2.31. The molecule has 0 bridgehead atoms. The second-order valence-corrected chi connectivity index (χ2v) is 4.60. The van der Waals surface area contributed by atoms with Gasteiger partial charge >= 0.3 is 0 Å². The molecule has 0 aliphatic carbocycles. The zero-order chi connectivity index (χ0) is 13.5. The van der Waals surface area contributed by atoms with Crippen LogP contribution in [-0.2, 0) is 11.2 Å². The minimum Gasteiger partial charge on any atom is -0.356 e. The van der Waals surface area contributed by atoms with Crippen LogP contribution in [0.1, 0.15) is 24.5 Å². The third-order valence-electron chi connectivity index (χ3n) is 2.98. The SMILES string of the molecule is Cc1cc(CCNC(=O)C(C)CCN)ccc1F. The van der Waals surface area contributed by atoms with Crippen molar-refractivity contribution in [1.29, 1.82) is 0 Å². The van der Waals surface area contributed by atoms with Gasteiger partial charge in [0.2, 0.25) is 5.91 Å². The summed E-state index contributed by atoms with van der Waals surface area (Å²) in [5.74, 6) is -0.219. The predicted octanol–water partition coefficient (Wildman–Crippen LogP) is 1.78. The molecule has 0 aliphatic rings.